The van der Waals surface area contributed by atoms with Gasteiger partial charge in [-0.25, -0.2) is 4.98 Å². The molecule has 0 aliphatic carbocycles. The molecule has 0 unspecified atom stereocenters. The van der Waals surface area contributed by atoms with Crippen molar-refractivity contribution < 1.29 is 13.5 Å². The van der Waals surface area contributed by atoms with Gasteiger partial charge >= 0.3 is 0 Å². The molecule has 0 bridgehead atoms. The molecule has 1 heterocycles. The second kappa shape index (κ2) is 6.37. The standard InChI is InChI=1S/C12H9Cl3N2O3S/c13-8-3-10(15)11(4-9(8)14)17-21(19,20)12-2-1-7(6-18)5-16-12/h1-5,17-18H,6H2. The van der Waals surface area contributed by atoms with Crippen molar-refractivity contribution in [2.24, 2.45) is 0 Å². The van der Waals surface area contributed by atoms with E-state index in [-0.39, 0.29) is 32.4 Å². The minimum Gasteiger partial charge on any atom is -0.392 e. The summed E-state index contributed by atoms with van der Waals surface area (Å²) in [7, 11) is -3.92. The molecule has 0 saturated carbocycles. The number of anilines is 1. The second-order valence-corrected chi connectivity index (χ2v) is 6.87. The first kappa shape index (κ1) is 16.3. The molecule has 1 aromatic heterocycles. The maximum atomic E-state index is 12.2. The number of aliphatic hydroxyl groups excluding tert-OH is 1. The quantitative estimate of drug-likeness (QED) is 0.812. The van der Waals surface area contributed by atoms with Crippen molar-refractivity contribution in [1.29, 1.82) is 0 Å². The fourth-order valence-electron chi connectivity index (χ4n) is 1.46. The summed E-state index contributed by atoms with van der Waals surface area (Å²) in [6, 6.07) is 5.38. The maximum absolute atomic E-state index is 12.2. The molecule has 0 fully saturated rings. The molecule has 0 spiro atoms. The smallest absolute Gasteiger partial charge is 0.279 e. The van der Waals surface area contributed by atoms with Crippen LogP contribution in [-0.2, 0) is 16.6 Å². The first-order valence-corrected chi connectivity index (χ1v) is 8.18. The lowest BCUT2D eigenvalue weighted by Gasteiger charge is -2.10. The van der Waals surface area contributed by atoms with Gasteiger partial charge in [-0.05, 0) is 23.8 Å². The molecule has 1 aromatic carbocycles. The number of aromatic nitrogens is 1. The molecule has 0 radical (unpaired) electrons. The summed E-state index contributed by atoms with van der Waals surface area (Å²) in [5.41, 5.74) is 0.598. The Hall–Kier alpha value is -1.05. The fourth-order valence-corrected chi connectivity index (χ4v) is 3.11. The molecule has 0 amide bonds. The topological polar surface area (TPSA) is 79.3 Å². The van der Waals surface area contributed by atoms with E-state index < -0.39 is 10.0 Å². The van der Waals surface area contributed by atoms with Gasteiger partial charge in [0, 0.05) is 6.20 Å². The summed E-state index contributed by atoms with van der Waals surface area (Å²) in [4.78, 5) is 3.77. The van der Waals surface area contributed by atoms with E-state index in [1.165, 1.54) is 30.5 Å². The molecule has 112 valence electrons. The number of pyridine rings is 1. The van der Waals surface area contributed by atoms with Crippen LogP contribution < -0.4 is 4.72 Å². The average Bonchev–Trinajstić information content (AvgIpc) is 2.44. The van der Waals surface area contributed by atoms with Crippen molar-refractivity contribution in [3.63, 3.8) is 0 Å². The highest BCUT2D eigenvalue weighted by atomic mass is 35.5. The molecule has 2 rings (SSSR count). The van der Waals surface area contributed by atoms with Crippen LogP contribution in [0.5, 0.6) is 0 Å². The van der Waals surface area contributed by atoms with Gasteiger partial charge in [0.25, 0.3) is 10.0 Å². The molecule has 2 N–H and O–H groups in total. The molecule has 5 nitrogen and oxygen atoms in total. The number of aliphatic hydroxyl groups is 1. The van der Waals surface area contributed by atoms with Gasteiger partial charge in [0.15, 0.2) is 5.03 Å². The van der Waals surface area contributed by atoms with Crippen LogP contribution in [0.15, 0.2) is 35.5 Å². The van der Waals surface area contributed by atoms with Crippen LogP contribution >= 0.6 is 34.8 Å². The summed E-state index contributed by atoms with van der Waals surface area (Å²) in [6.45, 7) is -0.223. The summed E-state index contributed by atoms with van der Waals surface area (Å²) in [5, 5.41) is 9.20. The molecule has 0 atom stereocenters. The van der Waals surface area contributed by atoms with Crippen molar-refractivity contribution in [2.75, 3.05) is 4.72 Å². The van der Waals surface area contributed by atoms with Crippen LogP contribution in [0.2, 0.25) is 15.1 Å². The number of rotatable bonds is 4. The van der Waals surface area contributed by atoms with Gasteiger partial charge in [0.05, 0.1) is 27.4 Å². The third-order valence-corrected chi connectivity index (χ3v) is 4.83. The zero-order chi connectivity index (χ0) is 15.6. The lowest BCUT2D eigenvalue weighted by atomic mass is 10.3. The van der Waals surface area contributed by atoms with Crippen LogP contribution in [0.1, 0.15) is 5.56 Å². The Morgan fingerprint density at radius 2 is 1.76 bits per heavy atom. The minimum atomic E-state index is -3.92. The Labute approximate surface area is 136 Å². The van der Waals surface area contributed by atoms with E-state index in [0.29, 0.717) is 5.56 Å². The first-order valence-electron chi connectivity index (χ1n) is 5.56. The molecule has 0 saturated heterocycles. The molecule has 21 heavy (non-hydrogen) atoms. The summed E-state index contributed by atoms with van der Waals surface area (Å²) in [6.07, 6.45) is 1.27. The number of nitrogens with one attached hydrogen (secondary N) is 1. The lowest BCUT2D eigenvalue weighted by Crippen LogP contribution is -2.15. The van der Waals surface area contributed by atoms with E-state index in [2.05, 4.69) is 9.71 Å². The Morgan fingerprint density at radius 3 is 2.33 bits per heavy atom. The van der Waals surface area contributed by atoms with E-state index in [9.17, 15) is 8.42 Å². The number of nitrogens with zero attached hydrogens (tertiary/aromatic N) is 1. The fraction of sp³-hybridized carbons (Fsp3) is 0.0833. The van der Waals surface area contributed by atoms with E-state index >= 15 is 0 Å². The van der Waals surface area contributed by atoms with Gasteiger partial charge < -0.3 is 5.11 Å². The van der Waals surface area contributed by atoms with Crippen molar-refractivity contribution in [3.8, 4) is 0 Å². The maximum Gasteiger partial charge on any atom is 0.279 e. The predicted molar refractivity (Wildman–Crippen MR) is 82.4 cm³/mol. The minimum absolute atomic E-state index is 0.0964. The Balaban J connectivity index is 2.34. The van der Waals surface area contributed by atoms with Crippen LogP contribution in [0, 0.1) is 0 Å². The Morgan fingerprint density at radius 1 is 1.10 bits per heavy atom. The molecule has 0 aliphatic heterocycles. The molecular weight excluding hydrogens is 359 g/mol. The van der Waals surface area contributed by atoms with Gasteiger partial charge in [-0.2, -0.15) is 8.42 Å². The summed E-state index contributed by atoms with van der Waals surface area (Å²) >= 11 is 17.5. The van der Waals surface area contributed by atoms with Crippen molar-refractivity contribution in [3.05, 3.63) is 51.1 Å². The highest BCUT2D eigenvalue weighted by Crippen LogP contribution is 2.33. The number of hydrogen-bond donors (Lipinski definition) is 2. The van der Waals surface area contributed by atoms with Gasteiger partial charge in [0.2, 0.25) is 0 Å². The third kappa shape index (κ3) is 3.78. The van der Waals surface area contributed by atoms with Crippen molar-refractivity contribution >= 4 is 50.5 Å². The highest BCUT2D eigenvalue weighted by Gasteiger charge is 2.18. The van der Waals surface area contributed by atoms with Crippen LogP contribution in [0.3, 0.4) is 0 Å². The normalized spacial score (nSPS) is 11.4. The van der Waals surface area contributed by atoms with E-state index in [1.54, 1.807) is 0 Å². The van der Waals surface area contributed by atoms with Gasteiger partial charge in [-0.15, -0.1) is 0 Å². The van der Waals surface area contributed by atoms with Gasteiger partial charge in [0.1, 0.15) is 0 Å². The summed E-state index contributed by atoms with van der Waals surface area (Å²) < 4.78 is 26.6. The third-order valence-electron chi connectivity index (χ3n) is 2.51. The zero-order valence-electron chi connectivity index (χ0n) is 10.3. The number of sulfonamides is 1. The second-order valence-electron chi connectivity index (χ2n) is 4.01. The van der Waals surface area contributed by atoms with Gasteiger partial charge in [-0.1, -0.05) is 40.9 Å². The van der Waals surface area contributed by atoms with Crippen molar-refractivity contribution in [1.82, 2.24) is 4.98 Å². The van der Waals surface area contributed by atoms with Crippen LogP contribution in [0.25, 0.3) is 0 Å². The largest absolute Gasteiger partial charge is 0.392 e. The Bertz CT molecular complexity index is 764. The van der Waals surface area contributed by atoms with Crippen LogP contribution in [0.4, 0.5) is 5.69 Å². The first-order chi connectivity index (χ1) is 9.83. The number of halogens is 3. The summed E-state index contributed by atoms with van der Waals surface area (Å²) in [5.74, 6) is 0. The predicted octanol–water partition coefficient (Wildman–Crippen LogP) is 3.33. The zero-order valence-corrected chi connectivity index (χ0v) is 13.4. The average molecular weight is 368 g/mol. The lowest BCUT2D eigenvalue weighted by molar-refractivity contribution is 0.281. The molecule has 9 heteroatoms. The van der Waals surface area contributed by atoms with E-state index in [1.807, 2.05) is 0 Å². The monoisotopic (exact) mass is 366 g/mol. The highest BCUT2D eigenvalue weighted by molar-refractivity contribution is 7.92. The molecule has 0 aliphatic rings. The van der Waals surface area contributed by atoms with Crippen LogP contribution in [-0.4, -0.2) is 18.5 Å². The number of hydrogen-bond acceptors (Lipinski definition) is 4. The molecule has 2 aromatic rings. The van der Waals surface area contributed by atoms with Crippen molar-refractivity contribution in [2.45, 2.75) is 11.6 Å². The Kier molecular flexibility index (Phi) is 4.95. The SMILES string of the molecule is O=S(=O)(Nc1cc(Cl)c(Cl)cc1Cl)c1ccc(CO)cn1. The number of benzene rings is 1. The molecular formula is C12H9Cl3N2O3S. The van der Waals surface area contributed by atoms with Gasteiger partial charge in [-0.3, -0.25) is 4.72 Å². The van der Waals surface area contributed by atoms with E-state index in [0.717, 1.165) is 0 Å². The van der Waals surface area contributed by atoms with E-state index in [4.69, 9.17) is 39.9 Å².